The quantitative estimate of drug-likeness (QED) is 0.0841. The van der Waals surface area contributed by atoms with Gasteiger partial charge in [0.1, 0.15) is 17.1 Å². The van der Waals surface area contributed by atoms with Gasteiger partial charge >= 0.3 is 11.9 Å². The van der Waals surface area contributed by atoms with Crippen LogP contribution in [0.1, 0.15) is 113 Å². The number of halogens is 3. The standard InChI is InChI=1S/C59H88Cl2IN3O15S/c1-31-26-58(8,73-15)52(78-55-47(64(10)11)44(71-13)24-32(2)74-55)34(4)49(77-45-27-57(7,72-14)51(67)36(6)75-45)35(5)53(68)79-56(62)59(9)46(33(3)48(31)66)50(54(69)80-59)81-23-22-65(30-39-40(60)28-63-29-41(39)61)37-20-21-42(70-12)43(25-37)76-38-18-16-17-19-38/h20-21,25,28-29,31-36,38,44-47,49-52,55-56,67H,16-19,22-24,26-27,30H2,1-15H3/t31-,32-,33-,34+,35-,36+,44-,45+,46+,47+,49+,50?,51+,52-,55+,56+,57-,58-,59+/m1/s1. The number of ether oxygens (including phenoxy) is 11. The fourth-order valence-corrected chi connectivity index (χ4v) is 15.8. The monoisotopic (exact) mass is 1310 g/mol. The van der Waals surface area contributed by atoms with Gasteiger partial charge in [0.2, 0.25) is 0 Å². The van der Waals surface area contributed by atoms with Gasteiger partial charge in [0.05, 0.1) is 76.9 Å². The molecule has 19 atom stereocenters. The summed E-state index contributed by atoms with van der Waals surface area (Å²) in [7, 11) is 10.3. The summed E-state index contributed by atoms with van der Waals surface area (Å²) in [4.78, 5) is 53.6. The van der Waals surface area contributed by atoms with Gasteiger partial charge in [-0.3, -0.25) is 24.3 Å². The molecule has 0 bridgehead atoms. The van der Waals surface area contributed by atoms with E-state index < -0.39 is 105 Å². The minimum absolute atomic E-state index is 0.0710. The summed E-state index contributed by atoms with van der Waals surface area (Å²) in [6.45, 7) is 17.2. The van der Waals surface area contributed by atoms with Gasteiger partial charge in [-0.1, -0.05) is 44.0 Å². The number of benzene rings is 1. The van der Waals surface area contributed by atoms with Crippen LogP contribution >= 0.6 is 57.6 Å². The summed E-state index contributed by atoms with van der Waals surface area (Å²) in [5, 5.41) is 11.2. The number of aromatic nitrogens is 1. The summed E-state index contributed by atoms with van der Waals surface area (Å²) in [5.41, 5.74) is -2.30. The Morgan fingerprint density at radius 1 is 0.864 bits per heavy atom. The van der Waals surface area contributed by atoms with Crippen molar-refractivity contribution in [1.82, 2.24) is 9.88 Å². The largest absolute Gasteiger partial charge is 0.493 e. The fraction of sp³-hybridized carbons (Fsp3) is 0.763. The number of fused-ring (bicyclic) bond motifs is 1. The number of nitrogens with zero attached hydrogens (tertiary/aromatic N) is 3. The molecule has 7 rings (SSSR count). The normalized spacial score (nSPS) is 38.3. The lowest BCUT2D eigenvalue weighted by Crippen LogP contribution is -2.62. The Hall–Kier alpha value is -2.32. The van der Waals surface area contributed by atoms with Crippen molar-refractivity contribution in [1.29, 1.82) is 0 Å². The van der Waals surface area contributed by atoms with E-state index in [1.807, 2.05) is 94.4 Å². The molecule has 5 heterocycles. The molecule has 0 amide bonds. The van der Waals surface area contributed by atoms with Gasteiger partial charge in [-0.25, -0.2) is 0 Å². The number of hydrogen-bond acceptors (Lipinski definition) is 19. The van der Waals surface area contributed by atoms with E-state index >= 15 is 9.59 Å². The van der Waals surface area contributed by atoms with E-state index in [9.17, 15) is 9.90 Å². The molecule has 4 aliphatic heterocycles. The molecule has 1 aromatic heterocycles. The molecule has 0 radical (unpaired) electrons. The van der Waals surface area contributed by atoms with Crippen LogP contribution in [0.2, 0.25) is 10.0 Å². The third kappa shape index (κ3) is 14.6. The number of aliphatic hydroxyl groups excluding tert-OH is 1. The van der Waals surface area contributed by atoms with Crippen LogP contribution in [0, 0.1) is 29.6 Å². The Morgan fingerprint density at radius 3 is 2.15 bits per heavy atom. The highest BCUT2D eigenvalue weighted by Crippen LogP contribution is 2.51. The molecular formula is C59H88Cl2IN3O15S. The second-order valence-corrected chi connectivity index (χ2v) is 27.1. The van der Waals surface area contributed by atoms with Gasteiger partial charge in [0.15, 0.2) is 33.8 Å². The van der Waals surface area contributed by atoms with Crippen molar-refractivity contribution in [2.75, 3.05) is 59.7 Å². The van der Waals surface area contributed by atoms with E-state index in [2.05, 4.69) is 9.88 Å². The molecule has 456 valence electrons. The number of cyclic esters (lactones) is 1. The molecule has 1 aliphatic carbocycles. The van der Waals surface area contributed by atoms with Crippen molar-refractivity contribution in [3.05, 3.63) is 46.2 Å². The van der Waals surface area contributed by atoms with Gasteiger partial charge in [0, 0.05) is 106 Å². The van der Waals surface area contributed by atoms with Crippen LogP contribution in [-0.4, -0.2) is 175 Å². The zero-order valence-corrected chi connectivity index (χ0v) is 54.3. The number of alkyl halides is 1. The lowest BCUT2D eigenvalue weighted by atomic mass is 9.72. The molecular weight excluding hydrogens is 1220 g/mol. The van der Waals surface area contributed by atoms with Crippen LogP contribution in [0.3, 0.4) is 0 Å². The topological polar surface area (TPSA) is 192 Å². The van der Waals surface area contributed by atoms with Crippen molar-refractivity contribution in [3.63, 3.8) is 0 Å². The maximum absolute atomic E-state index is 15.5. The first kappa shape index (κ1) is 66.2. The third-order valence-electron chi connectivity index (χ3n) is 17.9. The summed E-state index contributed by atoms with van der Waals surface area (Å²) in [6, 6.07) is 5.43. The van der Waals surface area contributed by atoms with Gasteiger partial charge < -0.3 is 62.1 Å². The number of thioether (sulfide) groups is 1. The zero-order chi connectivity index (χ0) is 59.5. The summed E-state index contributed by atoms with van der Waals surface area (Å²) in [6.07, 6.45) is 2.29. The van der Waals surface area contributed by atoms with Gasteiger partial charge in [-0.15, -0.1) is 11.8 Å². The number of carbonyl (C=O) groups is 3. The Kier molecular flexibility index (Phi) is 22.9. The number of esters is 2. The van der Waals surface area contributed by atoms with Crippen LogP contribution < -0.4 is 14.4 Å². The molecule has 1 unspecified atom stereocenters. The highest BCUT2D eigenvalue weighted by molar-refractivity contribution is 14.1. The number of Topliss-reactive ketones (excluding diaryl/α,β-unsaturated/α-hetero) is 1. The molecule has 0 spiro atoms. The van der Waals surface area contributed by atoms with Crippen LogP contribution in [0.4, 0.5) is 5.69 Å². The first-order valence-electron chi connectivity index (χ1n) is 28.4. The number of aliphatic hydroxyl groups is 1. The van der Waals surface area contributed by atoms with Crippen molar-refractivity contribution in [3.8, 4) is 11.5 Å². The fourth-order valence-electron chi connectivity index (χ4n) is 13.1. The molecule has 4 saturated heterocycles. The number of methoxy groups -OCH3 is 4. The number of ketones is 1. The Balaban J connectivity index is 1.26. The number of pyridine rings is 1. The van der Waals surface area contributed by atoms with Gasteiger partial charge in [-0.2, -0.15) is 0 Å². The second kappa shape index (κ2) is 28.0. The van der Waals surface area contributed by atoms with Crippen molar-refractivity contribution >= 4 is 81.0 Å². The van der Waals surface area contributed by atoms with E-state index in [0.29, 0.717) is 52.4 Å². The Morgan fingerprint density at radius 2 is 1.53 bits per heavy atom. The van der Waals surface area contributed by atoms with Crippen molar-refractivity contribution in [2.45, 2.75) is 201 Å². The summed E-state index contributed by atoms with van der Waals surface area (Å²) < 4.78 is 70.1. The number of rotatable bonds is 18. The summed E-state index contributed by atoms with van der Waals surface area (Å²) >= 11 is 16.9. The van der Waals surface area contributed by atoms with Crippen molar-refractivity contribution in [2.24, 2.45) is 29.6 Å². The number of likely N-dealkylation sites (N-methyl/N-ethyl adjacent to an activating group) is 1. The molecule has 5 fully saturated rings. The maximum atomic E-state index is 15.5. The molecule has 22 heteroatoms. The van der Waals surface area contributed by atoms with Crippen LogP contribution in [-0.2, 0) is 63.6 Å². The molecule has 81 heavy (non-hydrogen) atoms. The third-order valence-corrected chi connectivity index (χ3v) is 21.4. The summed E-state index contributed by atoms with van der Waals surface area (Å²) in [5.74, 6) is -3.64. The van der Waals surface area contributed by atoms with E-state index in [0.717, 1.165) is 31.4 Å². The average Bonchev–Trinajstić information content (AvgIpc) is 4.30. The van der Waals surface area contributed by atoms with E-state index in [1.165, 1.54) is 18.9 Å². The first-order chi connectivity index (χ1) is 38.2. The van der Waals surface area contributed by atoms with Crippen LogP contribution in [0.5, 0.6) is 11.5 Å². The highest BCUT2D eigenvalue weighted by atomic mass is 127. The van der Waals surface area contributed by atoms with E-state index in [4.69, 9.17) is 75.3 Å². The Labute approximate surface area is 507 Å². The highest BCUT2D eigenvalue weighted by Gasteiger charge is 2.62. The van der Waals surface area contributed by atoms with Gasteiger partial charge in [0.25, 0.3) is 0 Å². The van der Waals surface area contributed by atoms with Crippen molar-refractivity contribution < 1.29 is 71.6 Å². The van der Waals surface area contributed by atoms with Crippen LogP contribution in [0.25, 0.3) is 0 Å². The maximum Gasteiger partial charge on any atom is 0.320 e. The second-order valence-electron chi connectivity index (χ2n) is 23.9. The minimum atomic E-state index is -1.48. The number of hydrogen-bond donors (Lipinski definition) is 1. The zero-order valence-electron chi connectivity index (χ0n) is 49.8. The number of anilines is 1. The first-order valence-corrected chi connectivity index (χ1v) is 31.5. The molecule has 1 saturated carbocycles. The molecule has 1 N–H and O–H groups in total. The van der Waals surface area contributed by atoms with Gasteiger partial charge in [-0.05, 0) is 122 Å². The minimum Gasteiger partial charge on any atom is -0.493 e. The molecule has 18 nitrogen and oxygen atoms in total. The Bertz CT molecular complexity index is 2450. The lowest BCUT2D eigenvalue weighted by Gasteiger charge is -2.50. The SMILES string of the molecule is COc1ccc(N(CCSC2C(=O)O[C@@]3(C)[C@H]2[C@@H](C)C(=O)[C@H](C)C[C@@](C)(OC)[C@H](O[C@@H]2O[C@H](C)C[C@@H](OC)[C@@H]2N(C)C)[C@@H](C)[C@H](O[C@H]2C[C@@](C)(OC)[C@@H](O)[C@H](C)O2)[C@@H](C)C(=O)O[C@@H]3I)Cc2c(Cl)cncc2Cl)cc1OC1CCCC1. The lowest BCUT2D eigenvalue weighted by molar-refractivity contribution is -0.316. The average molecular weight is 1310 g/mol. The predicted molar refractivity (Wildman–Crippen MR) is 318 cm³/mol. The van der Waals surface area contributed by atoms with E-state index in [-0.39, 0.29) is 43.0 Å². The smallest absolute Gasteiger partial charge is 0.320 e. The molecule has 2 aromatic rings. The number of carbonyl (C=O) groups excluding carboxylic acids is 3. The molecule has 5 aliphatic rings. The molecule has 1 aromatic carbocycles. The predicted octanol–water partition coefficient (Wildman–Crippen LogP) is 9.74. The van der Waals surface area contributed by atoms with Crippen LogP contribution in [0.15, 0.2) is 30.6 Å². The van der Waals surface area contributed by atoms with E-state index in [1.54, 1.807) is 61.4 Å².